The topological polar surface area (TPSA) is 64.9 Å². The van der Waals surface area contributed by atoms with Crippen LogP contribution >= 0.6 is 24.2 Å². The van der Waals surface area contributed by atoms with Gasteiger partial charge in [-0.15, -0.1) is 12.4 Å². The van der Waals surface area contributed by atoms with Crippen LogP contribution in [0.4, 0.5) is 13.2 Å². The maximum atomic E-state index is 12.3. The molecule has 1 aromatic carbocycles. The van der Waals surface area contributed by atoms with E-state index in [4.69, 9.17) is 10.3 Å². The number of nitrogens with two attached hydrogens (primary N) is 1. The third-order valence-corrected chi connectivity index (χ3v) is 4.19. The number of hydrogen-bond donors (Lipinski definition) is 1. The van der Waals surface area contributed by atoms with Gasteiger partial charge >= 0.3 is 5.51 Å². The number of nitrogens with zero attached hydrogens (tertiary/aromatic N) is 2. The van der Waals surface area contributed by atoms with Crippen LogP contribution in [-0.2, 0) is 5.54 Å². The van der Waals surface area contributed by atoms with Crippen LogP contribution in [0.2, 0.25) is 0 Å². The smallest absolute Gasteiger partial charge is 0.334 e. The van der Waals surface area contributed by atoms with Gasteiger partial charge in [0.2, 0.25) is 0 Å². The van der Waals surface area contributed by atoms with Gasteiger partial charge < -0.3 is 10.3 Å². The van der Waals surface area contributed by atoms with Crippen molar-refractivity contribution in [3.8, 4) is 11.5 Å². The van der Waals surface area contributed by atoms with Crippen molar-refractivity contribution in [1.82, 2.24) is 10.1 Å². The highest BCUT2D eigenvalue weighted by Crippen LogP contribution is 2.39. The van der Waals surface area contributed by atoms with Crippen molar-refractivity contribution in [1.29, 1.82) is 0 Å². The molecule has 1 saturated carbocycles. The Hall–Kier alpha value is -1.25. The molecule has 1 fully saturated rings. The number of thioether (sulfide) groups is 1. The standard InChI is InChI=1S/C13H12F3N3OS.ClH/c14-13(15,16)21-9-4-2-8(3-5-9)10-18-11(19-20-10)12(17)6-1-7-12;/h2-5H,1,6-7,17H2;1H. The monoisotopic (exact) mass is 351 g/mol. The van der Waals surface area contributed by atoms with Gasteiger partial charge in [0.25, 0.3) is 5.89 Å². The first-order chi connectivity index (χ1) is 9.86. The Balaban J connectivity index is 0.00000176. The molecule has 1 heterocycles. The number of hydrogen-bond acceptors (Lipinski definition) is 5. The first-order valence-electron chi connectivity index (χ1n) is 6.35. The van der Waals surface area contributed by atoms with E-state index in [1.807, 2.05) is 0 Å². The molecule has 1 aliphatic carbocycles. The summed E-state index contributed by atoms with van der Waals surface area (Å²) in [7, 11) is 0. The number of rotatable bonds is 3. The molecule has 4 nitrogen and oxygen atoms in total. The zero-order valence-corrected chi connectivity index (χ0v) is 12.9. The lowest BCUT2D eigenvalue weighted by molar-refractivity contribution is -0.0328. The summed E-state index contributed by atoms with van der Waals surface area (Å²) in [6, 6.07) is 5.79. The van der Waals surface area contributed by atoms with Gasteiger partial charge in [-0.2, -0.15) is 18.2 Å². The van der Waals surface area contributed by atoms with Crippen LogP contribution in [0.3, 0.4) is 0 Å². The number of alkyl halides is 3. The van der Waals surface area contributed by atoms with E-state index in [2.05, 4.69) is 10.1 Å². The van der Waals surface area contributed by atoms with Crippen LogP contribution in [0.1, 0.15) is 25.1 Å². The van der Waals surface area contributed by atoms with E-state index in [9.17, 15) is 13.2 Å². The molecule has 2 N–H and O–H groups in total. The summed E-state index contributed by atoms with van der Waals surface area (Å²) >= 11 is -0.160. The summed E-state index contributed by atoms with van der Waals surface area (Å²) < 4.78 is 41.9. The summed E-state index contributed by atoms with van der Waals surface area (Å²) in [5.41, 5.74) is 1.85. The van der Waals surface area contributed by atoms with Gasteiger partial charge in [-0.1, -0.05) is 5.16 Å². The van der Waals surface area contributed by atoms with E-state index in [1.165, 1.54) is 24.3 Å². The zero-order valence-electron chi connectivity index (χ0n) is 11.3. The van der Waals surface area contributed by atoms with Crippen LogP contribution in [0.25, 0.3) is 11.5 Å². The summed E-state index contributed by atoms with van der Waals surface area (Å²) in [5, 5.41) is 3.87. The number of benzene rings is 1. The van der Waals surface area contributed by atoms with Crippen molar-refractivity contribution in [3.63, 3.8) is 0 Å². The van der Waals surface area contributed by atoms with E-state index >= 15 is 0 Å². The van der Waals surface area contributed by atoms with Crippen LogP contribution in [0.15, 0.2) is 33.7 Å². The van der Waals surface area contributed by atoms with Gasteiger partial charge in [-0.3, -0.25) is 0 Å². The number of halogens is 4. The second kappa shape index (κ2) is 6.10. The Kier molecular flexibility index (Phi) is 4.74. The highest BCUT2D eigenvalue weighted by molar-refractivity contribution is 8.00. The molecule has 0 bridgehead atoms. The normalized spacial score (nSPS) is 16.7. The van der Waals surface area contributed by atoms with Crippen LogP contribution in [0.5, 0.6) is 0 Å². The summed E-state index contributed by atoms with van der Waals surface area (Å²) in [4.78, 5) is 4.36. The Morgan fingerprint density at radius 1 is 1.18 bits per heavy atom. The molecule has 3 rings (SSSR count). The van der Waals surface area contributed by atoms with Crippen molar-refractivity contribution in [3.05, 3.63) is 30.1 Å². The van der Waals surface area contributed by atoms with E-state index in [1.54, 1.807) is 0 Å². The first-order valence-corrected chi connectivity index (χ1v) is 7.17. The van der Waals surface area contributed by atoms with Crippen LogP contribution < -0.4 is 5.73 Å². The zero-order chi connectivity index (χ0) is 15.1. The molecule has 120 valence electrons. The SMILES string of the molecule is Cl.NC1(c2noc(-c3ccc(SC(F)(F)F)cc3)n2)CCC1. The summed E-state index contributed by atoms with van der Waals surface area (Å²) in [6.45, 7) is 0. The van der Waals surface area contributed by atoms with Gasteiger partial charge in [0.05, 0.1) is 5.54 Å². The molecule has 0 radical (unpaired) electrons. The molecule has 1 aromatic heterocycles. The van der Waals surface area contributed by atoms with Crippen LogP contribution in [0, 0.1) is 0 Å². The molecular weight excluding hydrogens is 339 g/mol. The van der Waals surface area contributed by atoms with Gasteiger partial charge in [0.15, 0.2) is 5.82 Å². The lowest BCUT2D eigenvalue weighted by Crippen LogP contribution is -2.44. The first kappa shape index (κ1) is 17.1. The van der Waals surface area contributed by atoms with Crippen molar-refractivity contribution in [2.45, 2.75) is 35.2 Å². The minimum absolute atomic E-state index is 0. The van der Waals surface area contributed by atoms with Gasteiger partial charge in [0, 0.05) is 10.5 Å². The number of aromatic nitrogens is 2. The minimum Gasteiger partial charge on any atom is -0.334 e. The summed E-state index contributed by atoms with van der Waals surface area (Å²) in [6.07, 6.45) is 2.66. The quantitative estimate of drug-likeness (QED) is 0.843. The molecule has 0 spiro atoms. The lowest BCUT2D eigenvalue weighted by atomic mass is 9.77. The Morgan fingerprint density at radius 2 is 1.82 bits per heavy atom. The van der Waals surface area contributed by atoms with Crippen molar-refractivity contribution < 1.29 is 17.7 Å². The van der Waals surface area contributed by atoms with Crippen molar-refractivity contribution >= 4 is 24.2 Å². The molecule has 2 aromatic rings. The fourth-order valence-electron chi connectivity index (χ4n) is 2.12. The highest BCUT2D eigenvalue weighted by atomic mass is 35.5. The average molecular weight is 352 g/mol. The molecule has 0 unspecified atom stereocenters. The van der Waals surface area contributed by atoms with E-state index in [0.717, 1.165) is 19.3 Å². The van der Waals surface area contributed by atoms with E-state index in [0.29, 0.717) is 11.4 Å². The third kappa shape index (κ3) is 3.56. The van der Waals surface area contributed by atoms with Crippen LogP contribution in [-0.4, -0.2) is 15.6 Å². The molecular formula is C13H13ClF3N3OS. The Morgan fingerprint density at radius 3 is 2.32 bits per heavy atom. The second-order valence-electron chi connectivity index (χ2n) is 5.01. The molecule has 0 saturated heterocycles. The maximum Gasteiger partial charge on any atom is 0.446 e. The second-order valence-corrected chi connectivity index (χ2v) is 6.14. The van der Waals surface area contributed by atoms with Gasteiger partial charge in [-0.25, -0.2) is 0 Å². The molecule has 0 amide bonds. The van der Waals surface area contributed by atoms with Crippen molar-refractivity contribution in [2.75, 3.05) is 0 Å². The average Bonchev–Trinajstić information content (AvgIpc) is 2.85. The largest absolute Gasteiger partial charge is 0.446 e. The fourth-order valence-corrected chi connectivity index (χ4v) is 2.66. The van der Waals surface area contributed by atoms with Crippen molar-refractivity contribution in [2.24, 2.45) is 5.73 Å². The highest BCUT2D eigenvalue weighted by Gasteiger charge is 2.39. The van der Waals surface area contributed by atoms with E-state index in [-0.39, 0.29) is 35.0 Å². The molecule has 22 heavy (non-hydrogen) atoms. The maximum absolute atomic E-state index is 12.3. The van der Waals surface area contributed by atoms with Gasteiger partial charge in [0.1, 0.15) is 0 Å². The summed E-state index contributed by atoms with van der Waals surface area (Å²) in [5.74, 6) is 0.725. The molecule has 0 aliphatic heterocycles. The molecule has 1 aliphatic rings. The predicted molar refractivity (Wildman–Crippen MR) is 78.6 cm³/mol. The molecule has 9 heteroatoms. The predicted octanol–water partition coefficient (Wildman–Crippen LogP) is 4.11. The fraction of sp³-hybridized carbons (Fsp3) is 0.385. The third-order valence-electron chi connectivity index (χ3n) is 3.45. The van der Waals surface area contributed by atoms with E-state index < -0.39 is 11.0 Å². The Labute approximate surface area is 135 Å². The Bertz CT molecular complexity index is 641. The molecule has 0 atom stereocenters. The lowest BCUT2D eigenvalue weighted by Gasteiger charge is -2.34. The minimum atomic E-state index is -4.30. The van der Waals surface area contributed by atoms with Gasteiger partial charge in [-0.05, 0) is 55.3 Å².